The summed E-state index contributed by atoms with van der Waals surface area (Å²) in [6.45, 7) is 6.60. The van der Waals surface area contributed by atoms with Crippen molar-refractivity contribution in [2.45, 2.75) is 44.6 Å². The Morgan fingerprint density at radius 2 is 1.79 bits per heavy atom. The molecule has 0 aliphatic rings. The Kier molecular flexibility index (Phi) is 5.97. The summed E-state index contributed by atoms with van der Waals surface area (Å²) in [7, 11) is -3.46. The second kappa shape index (κ2) is 7.03. The van der Waals surface area contributed by atoms with Gasteiger partial charge in [0, 0.05) is 13.1 Å². The van der Waals surface area contributed by atoms with Crippen LogP contribution in [0, 0.1) is 0 Å². The fraction of sp³-hybridized carbons (Fsp3) is 0.571. The largest absolute Gasteiger partial charge is 0.389 e. The molecule has 0 aromatic heterocycles. The van der Waals surface area contributed by atoms with Crippen LogP contribution in [0.5, 0.6) is 0 Å². The number of sulfonamides is 1. The zero-order chi connectivity index (χ0) is 14.5. The van der Waals surface area contributed by atoms with Crippen LogP contribution in [0.2, 0.25) is 0 Å². The van der Waals surface area contributed by atoms with Gasteiger partial charge in [-0.15, -0.1) is 0 Å². The van der Waals surface area contributed by atoms with Gasteiger partial charge < -0.3 is 5.11 Å². The maximum Gasteiger partial charge on any atom is 0.243 e. The van der Waals surface area contributed by atoms with Crippen LogP contribution in [0.4, 0.5) is 0 Å². The molecule has 0 radical (unpaired) electrons. The lowest BCUT2D eigenvalue weighted by molar-refractivity contribution is 0.199. The first-order chi connectivity index (χ1) is 8.93. The smallest absolute Gasteiger partial charge is 0.243 e. The number of rotatable bonds is 7. The SMILES string of the molecule is CCCN(CCC)S(=O)(=O)c1cccc(C(C)O)c1. The number of benzene rings is 1. The minimum atomic E-state index is -3.46. The highest BCUT2D eigenvalue weighted by molar-refractivity contribution is 7.89. The van der Waals surface area contributed by atoms with E-state index in [9.17, 15) is 13.5 Å². The number of hydrogen-bond donors (Lipinski definition) is 1. The van der Waals surface area contributed by atoms with Gasteiger partial charge >= 0.3 is 0 Å². The average molecular weight is 285 g/mol. The molecular formula is C14H23NO3S. The van der Waals surface area contributed by atoms with Crippen LogP contribution < -0.4 is 0 Å². The molecule has 1 aromatic carbocycles. The zero-order valence-corrected chi connectivity index (χ0v) is 12.7. The predicted molar refractivity (Wildman–Crippen MR) is 76.4 cm³/mol. The first kappa shape index (κ1) is 16.1. The molecule has 1 rings (SSSR count). The fourth-order valence-corrected chi connectivity index (χ4v) is 3.61. The van der Waals surface area contributed by atoms with Gasteiger partial charge in [0.2, 0.25) is 10.0 Å². The van der Waals surface area contributed by atoms with Crippen LogP contribution in [0.3, 0.4) is 0 Å². The third-order valence-electron chi connectivity index (χ3n) is 2.92. The number of aliphatic hydroxyl groups excluding tert-OH is 1. The molecule has 0 fully saturated rings. The van der Waals surface area contributed by atoms with Gasteiger partial charge in [-0.05, 0) is 37.5 Å². The highest BCUT2D eigenvalue weighted by Gasteiger charge is 2.23. The van der Waals surface area contributed by atoms with E-state index in [1.807, 2.05) is 13.8 Å². The molecule has 0 saturated heterocycles. The summed E-state index contributed by atoms with van der Waals surface area (Å²) in [6, 6.07) is 6.54. The van der Waals surface area contributed by atoms with Gasteiger partial charge in [0.25, 0.3) is 0 Å². The highest BCUT2D eigenvalue weighted by Crippen LogP contribution is 2.21. The van der Waals surface area contributed by atoms with Gasteiger partial charge in [0.15, 0.2) is 0 Å². The Labute approximate surface area is 116 Å². The van der Waals surface area contributed by atoms with E-state index < -0.39 is 16.1 Å². The van der Waals surface area contributed by atoms with Gasteiger partial charge in [-0.25, -0.2) is 8.42 Å². The van der Waals surface area contributed by atoms with Crippen molar-refractivity contribution >= 4 is 10.0 Å². The quantitative estimate of drug-likeness (QED) is 0.837. The Balaban J connectivity index is 3.13. The molecule has 0 aliphatic heterocycles. The van der Waals surface area contributed by atoms with Crippen LogP contribution in [-0.4, -0.2) is 30.9 Å². The zero-order valence-electron chi connectivity index (χ0n) is 11.8. The second-order valence-electron chi connectivity index (χ2n) is 4.65. The molecule has 0 bridgehead atoms. The molecule has 1 N–H and O–H groups in total. The van der Waals surface area contributed by atoms with Crippen molar-refractivity contribution in [1.82, 2.24) is 4.31 Å². The molecule has 4 nitrogen and oxygen atoms in total. The third kappa shape index (κ3) is 4.03. The molecule has 1 atom stereocenters. The summed E-state index contributed by atoms with van der Waals surface area (Å²) >= 11 is 0. The standard InChI is InChI=1S/C14H23NO3S/c1-4-9-15(10-5-2)19(17,18)14-8-6-7-13(11-14)12(3)16/h6-8,11-12,16H,4-5,9-10H2,1-3H3. The minimum Gasteiger partial charge on any atom is -0.389 e. The third-order valence-corrected chi connectivity index (χ3v) is 4.82. The van der Waals surface area contributed by atoms with E-state index >= 15 is 0 Å². The van der Waals surface area contributed by atoms with Crippen molar-refractivity contribution in [2.24, 2.45) is 0 Å². The van der Waals surface area contributed by atoms with Crippen LogP contribution in [0.15, 0.2) is 29.2 Å². The van der Waals surface area contributed by atoms with Gasteiger partial charge in [0.1, 0.15) is 0 Å². The number of aliphatic hydroxyl groups is 1. The first-order valence-corrected chi connectivity index (χ1v) is 8.15. The topological polar surface area (TPSA) is 57.6 Å². The van der Waals surface area contributed by atoms with Crippen LogP contribution in [0.1, 0.15) is 45.3 Å². The molecule has 1 unspecified atom stereocenters. The maximum atomic E-state index is 12.5. The van der Waals surface area contributed by atoms with E-state index in [0.717, 1.165) is 12.8 Å². The normalized spacial score (nSPS) is 13.7. The fourth-order valence-electron chi connectivity index (χ4n) is 1.93. The molecule has 0 heterocycles. The van der Waals surface area contributed by atoms with Crippen molar-refractivity contribution in [3.63, 3.8) is 0 Å². The highest BCUT2D eigenvalue weighted by atomic mass is 32.2. The molecule has 0 aliphatic carbocycles. The summed E-state index contributed by atoms with van der Waals surface area (Å²) in [4.78, 5) is 0.257. The van der Waals surface area contributed by atoms with Crippen molar-refractivity contribution < 1.29 is 13.5 Å². The van der Waals surface area contributed by atoms with Crippen LogP contribution >= 0.6 is 0 Å². The Morgan fingerprint density at radius 1 is 1.21 bits per heavy atom. The maximum absolute atomic E-state index is 12.5. The van der Waals surface area contributed by atoms with E-state index in [1.165, 1.54) is 4.31 Å². The van der Waals surface area contributed by atoms with Gasteiger partial charge in [0.05, 0.1) is 11.0 Å². The molecular weight excluding hydrogens is 262 g/mol. The molecule has 0 amide bonds. The molecule has 0 saturated carbocycles. The molecule has 19 heavy (non-hydrogen) atoms. The molecule has 1 aromatic rings. The minimum absolute atomic E-state index is 0.257. The van der Waals surface area contributed by atoms with Crippen molar-refractivity contribution in [3.8, 4) is 0 Å². The van der Waals surface area contributed by atoms with Gasteiger partial charge in [-0.2, -0.15) is 4.31 Å². The molecule has 0 spiro atoms. The summed E-state index contributed by atoms with van der Waals surface area (Å²) in [6.07, 6.45) is 0.908. The summed E-state index contributed by atoms with van der Waals surface area (Å²) in [5, 5.41) is 9.55. The van der Waals surface area contributed by atoms with Crippen LogP contribution in [-0.2, 0) is 10.0 Å². The average Bonchev–Trinajstić information content (AvgIpc) is 2.38. The predicted octanol–water partition coefficient (Wildman–Crippen LogP) is 2.55. The van der Waals surface area contributed by atoms with E-state index in [0.29, 0.717) is 18.7 Å². The Bertz CT molecular complexity index is 491. The summed E-state index contributed by atoms with van der Waals surface area (Å²) in [5.41, 5.74) is 0.619. The van der Waals surface area contributed by atoms with E-state index in [4.69, 9.17) is 0 Å². The van der Waals surface area contributed by atoms with Crippen LogP contribution in [0.25, 0.3) is 0 Å². The van der Waals surface area contributed by atoms with E-state index in [2.05, 4.69) is 0 Å². The lowest BCUT2D eigenvalue weighted by Gasteiger charge is -2.21. The molecule has 5 heteroatoms. The first-order valence-electron chi connectivity index (χ1n) is 6.71. The second-order valence-corrected chi connectivity index (χ2v) is 6.59. The Morgan fingerprint density at radius 3 is 2.26 bits per heavy atom. The van der Waals surface area contributed by atoms with E-state index in [1.54, 1.807) is 31.2 Å². The molecule has 108 valence electrons. The Hall–Kier alpha value is -0.910. The number of nitrogens with zero attached hydrogens (tertiary/aromatic N) is 1. The summed E-state index contributed by atoms with van der Waals surface area (Å²) < 4.78 is 26.6. The van der Waals surface area contributed by atoms with Crippen molar-refractivity contribution in [3.05, 3.63) is 29.8 Å². The lowest BCUT2D eigenvalue weighted by atomic mass is 10.1. The van der Waals surface area contributed by atoms with Crippen molar-refractivity contribution in [2.75, 3.05) is 13.1 Å². The van der Waals surface area contributed by atoms with Crippen molar-refractivity contribution in [1.29, 1.82) is 0 Å². The van der Waals surface area contributed by atoms with E-state index in [-0.39, 0.29) is 4.90 Å². The van der Waals surface area contributed by atoms with Gasteiger partial charge in [-0.1, -0.05) is 26.0 Å². The summed E-state index contributed by atoms with van der Waals surface area (Å²) in [5.74, 6) is 0. The lowest BCUT2D eigenvalue weighted by Crippen LogP contribution is -2.32. The van der Waals surface area contributed by atoms with Gasteiger partial charge in [-0.3, -0.25) is 0 Å². The monoisotopic (exact) mass is 285 g/mol. The number of hydrogen-bond acceptors (Lipinski definition) is 3.